The Balaban J connectivity index is 1.77. The van der Waals surface area contributed by atoms with Gasteiger partial charge in [-0.2, -0.15) is 0 Å². The van der Waals surface area contributed by atoms with Gasteiger partial charge in [0.2, 0.25) is 0 Å². The number of halogens is 3. The first-order valence-electron chi connectivity index (χ1n) is 8.14. The molecular weight excluding hydrogens is 419 g/mol. The van der Waals surface area contributed by atoms with Gasteiger partial charge in [0, 0.05) is 16.3 Å². The summed E-state index contributed by atoms with van der Waals surface area (Å²) in [6, 6.07) is 23.3. The van der Waals surface area contributed by atoms with Crippen LogP contribution in [0.2, 0.25) is 15.1 Å². The van der Waals surface area contributed by atoms with E-state index < -0.39 is 0 Å². The maximum Gasteiger partial charge on any atom is 0.188 e. The number of aromatic nitrogens is 1. The largest absolute Gasteiger partial charge is 0.331 e. The Labute approximate surface area is 176 Å². The minimum atomic E-state index is 0.499. The topological polar surface area (TPSA) is 24.9 Å². The Morgan fingerprint density at radius 3 is 2.19 bits per heavy atom. The van der Waals surface area contributed by atoms with Crippen LogP contribution >= 0.6 is 46.1 Å². The minimum Gasteiger partial charge on any atom is -0.331 e. The van der Waals surface area contributed by atoms with E-state index in [9.17, 15) is 0 Å². The van der Waals surface area contributed by atoms with Gasteiger partial charge in [-0.15, -0.1) is 0 Å². The van der Waals surface area contributed by atoms with Gasteiger partial charge in [0.25, 0.3) is 0 Å². The molecule has 4 rings (SSSR count). The van der Waals surface area contributed by atoms with Gasteiger partial charge in [-0.1, -0.05) is 88.6 Å². The molecule has 0 spiro atoms. The molecule has 4 aromatic rings. The Bertz CT molecular complexity index is 1080. The quantitative estimate of drug-likeness (QED) is 0.352. The van der Waals surface area contributed by atoms with Crippen LogP contribution in [0.25, 0.3) is 21.7 Å². The predicted molar refractivity (Wildman–Crippen MR) is 118 cm³/mol. The first kappa shape index (κ1) is 18.3. The van der Waals surface area contributed by atoms with Crippen LogP contribution in [0.4, 0.5) is 10.8 Å². The van der Waals surface area contributed by atoms with E-state index in [4.69, 9.17) is 39.8 Å². The van der Waals surface area contributed by atoms with Crippen molar-refractivity contribution in [2.75, 3.05) is 5.32 Å². The lowest BCUT2D eigenvalue weighted by Gasteiger charge is -2.03. The predicted octanol–water partition coefficient (Wildman–Crippen LogP) is 8.18. The molecule has 3 aromatic carbocycles. The Morgan fingerprint density at radius 2 is 1.48 bits per heavy atom. The van der Waals surface area contributed by atoms with E-state index in [-0.39, 0.29) is 0 Å². The summed E-state index contributed by atoms with van der Waals surface area (Å²) < 4.78 is 0. The fourth-order valence-corrected chi connectivity index (χ4v) is 4.10. The molecule has 1 aromatic heterocycles. The van der Waals surface area contributed by atoms with Gasteiger partial charge in [0.1, 0.15) is 0 Å². The molecule has 1 heterocycles. The van der Waals surface area contributed by atoms with Crippen LogP contribution in [0.5, 0.6) is 0 Å². The van der Waals surface area contributed by atoms with Gasteiger partial charge in [-0.25, -0.2) is 4.98 Å². The van der Waals surface area contributed by atoms with Gasteiger partial charge in [0.05, 0.1) is 20.6 Å². The van der Waals surface area contributed by atoms with Crippen molar-refractivity contribution >= 4 is 57.0 Å². The second kappa shape index (κ2) is 7.91. The fourth-order valence-electron chi connectivity index (χ4n) is 2.66. The van der Waals surface area contributed by atoms with Crippen molar-refractivity contribution < 1.29 is 0 Å². The number of nitrogens with one attached hydrogen (secondary N) is 1. The highest BCUT2D eigenvalue weighted by Gasteiger charge is 2.15. The molecule has 0 unspecified atom stereocenters. The SMILES string of the molecule is Clc1ccc(-c2nc(Nc3ccc(Cl)c(Cl)c3)sc2-c2ccccc2)cc1. The number of rotatable bonds is 4. The summed E-state index contributed by atoms with van der Waals surface area (Å²) in [4.78, 5) is 5.91. The monoisotopic (exact) mass is 430 g/mol. The third kappa shape index (κ3) is 4.12. The van der Waals surface area contributed by atoms with Crippen LogP contribution in [0.3, 0.4) is 0 Å². The first-order valence-corrected chi connectivity index (χ1v) is 10.1. The minimum absolute atomic E-state index is 0.499. The molecule has 0 aliphatic rings. The maximum absolute atomic E-state index is 6.12. The molecule has 1 N–H and O–H groups in total. The highest BCUT2D eigenvalue weighted by Crippen LogP contribution is 2.40. The smallest absolute Gasteiger partial charge is 0.188 e. The third-order valence-electron chi connectivity index (χ3n) is 3.95. The van der Waals surface area contributed by atoms with E-state index in [0.29, 0.717) is 15.1 Å². The van der Waals surface area contributed by atoms with Crippen LogP contribution in [0.1, 0.15) is 0 Å². The molecule has 0 saturated heterocycles. The highest BCUT2D eigenvalue weighted by atomic mass is 35.5. The van der Waals surface area contributed by atoms with E-state index in [1.54, 1.807) is 23.5 Å². The molecule has 0 atom stereocenters. The van der Waals surface area contributed by atoms with Gasteiger partial charge in [-0.3, -0.25) is 0 Å². The lowest BCUT2D eigenvalue weighted by molar-refractivity contribution is 1.38. The highest BCUT2D eigenvalue weighted by molar-refractivity contribution is 7.19. The summed E-state index contributed by atoms with van der Waals surface area (Å²) in [5, 5.41) is 5.82. The molecule has 134 valence electrons. The summed E-state index contributed by atoms with van der Waals surface area (Å²) in [5.74, 6) is 0. The van der Waals surface area contributed by atoms with Crippen LogP contribution < -0.4 is 5.32 Å². The lowest BCUT2D eigenvalue weighted by atomic mass is 10.1. The van der Waals surface area contributed by atoms with Crippen molar-refractivity contribution in [3.63, 3.8) is 0 Å². The molecule has 0 saturated carbocycles. The molecule has 6 heteroatoms. The maximum atomic E-state index is 6.12. The molecule has 2 nitrogen and oxygen atoms in total. The van der Waals surface area contributed by atoms with Gasteiger partial charge in [-0.05, 0) is 35.9 Å². The summed E-state index contributed by atoms with van der Waals surface area (Å²) in [6.45, 7) is 0. The van der Waals surface area contributed by atoms with Gasteiger partial charge >= 0.3 is 0 Å². The zero-order chi connectivity index (χ0) is 18.8. The zero-order valence-corrected chi connectivity index (χ0v) is 17.0. The molecule has 27 heavy (non-hydrogen) atoms. The van der Waals surface area contributed by atoms with Crippen LogP contribution in [0, 0.1) is 0 Å². The van der Waals surface area contributed by atoms with Crippen LogP contribution in [0.15, 0.2) is 72.8 Å². The summed E-state index contributed by atoms with van der Waals surface area (Å²) >= 11 is 19.8. The Kier molecular flexibility index (Phi) is 5.37. The van der Waals surface area contributed by atoms with Gasteiger partial charge < -0.3 is 5.32 Å². The van der Waals surface area contributed by atoms with Crippen molar-refractivity contribution in [2.24, 2.45) is 0 Å². The summed E-state index contributed by atoms with van der Waals surface area (Å²) in [6.07, 6.45) is 0. The molecular formula is C21H13Cl3N2S. The third-order valence-corrected chi connectivity index (χ3v) is 5.96. The second-order valence-electron chi connectivity index (χ2n) is 5.82. The number of thiazole rings is 1. The number of nitrogens with zero attached hydrogens (tertiary/aromatic N) is 1. The van der Waals surface area contributed by atoms with Crippen molar-refractivity contribution in [2.45, 2.75) is 0 Å². The molecule has 0 amide bonds. The molecule has 0 fully saturated rings. The Hall–Kier alpha value is -2.04. The van der Waals surface area contributed by atoms with E-state index in [1.807, 2.05) is 48.5 Å². The van der Waals surface area contributed by atoms with E-state index in [0.717, 1.165) is 32.5 Å². The molecule has 0 radical (unpaired) electrons. The van der Waals surface area contributed by atoms with E-state index in [1.165, 1.54) is 0 Å². The van der Waals surface area contributed by atoms with Crippen molar-refractivity contribution in [1.82, 2.24) is 4.98 Å². The van der Waals surface area contributed by atoms with Crippen LogP contribution in [-0.2, 0) is 0 Å². The van der Waals surface area contributed by atoms with E-state index >= 15 is 0 Å². The summed E-state index contributed by atoms with van der Waals surface area (Å²) in [7, 11) is 0. The van der Waals surface area contributed by atoms with Gasteiger partial charge in [0.15, 0.2) is 5.13 Å². The first-order chi connectivity index (χ1) is 13.1. The number of anilines is 2. The number of hydrogen-bond acceptors (Lipinski definition) is 3. The van der Waals surface area contributed by atoms with Crippen LogP contribution in [-0.4, -0.2) is 4.98 Å². The molecule has 0 aliphatic heterocycles. The zero-order valence-electron chi connectivity index (χ0n) is 13.9. The number of hydrogen-bond donors (Lipinski definition) is 1. The lowest BCUT2D eigenvalue weighted by Crippen LogP contribution is -1.89. The average molecular weight is 432 g/mol. The van der Waals surface area contributed by atoms with Crippen molar-refractivity contribution in [3.05, 3.63) is 87.9 Å². The van der Waals surface area contributed by atoms with E-state index in [2.05, 4.69) is 17.4 Å². The molecule has 0 bridgehead atoms. The normalized spacial score (nSPS) is 10.8. The number of benzene rings is 3. The Morgan fingerprint density at radius 1 is 0.741 bits per heavy atom. The second-order valence-corrected chi connectivity index (χ2v) is 8.07. The summed E-state index contributed by atoms with van der Waals surface area (Å²) in [5.41, 5.74) is 3.87. The fraction of sp³-hybridized carbons (Fsp3) is 0. The van der Waals surface area contributed by atoms with Crippen molar-refractivity contribution in [3.8, 4) is 21.7 Å². The average Bonchev–Trinajstić information content (AvgIpc) is 3.10. The standard InChI is InChI=1S/C21H13Cl3N2S/c22-15-8-6-13(7-9-15)19-20(14-4-2-1-3-5-14)27-21(26-19)25-16-10-11-17(23)18(24)12-16/h1-12H,(H,25,26). The van der Waals surface area contributed by atoms with Crippen molar-refractivity contribution in [1.29, 1.82) is 0 Å². The molecule has 0 aliphatic carbocycles.